The van der Waals surface area contributed by atoms with E-state index >= 15 is 0 Å². The van der Waals surface area contributed by atoms with Gasteiger partial charge < -0.3 is 4.74 Å². The van der Waals surface area contributed by atoms with Crippen molar-refractivity contribution < 1.29 is 14.3 Å². The van der Waals surface area contributed by atoms with Crippen molar-refractivity contribution in [2.75, 3.05) is 0 Å². The van der Waals surface area contributed by atoms with Crippen molar-refractivity contribution in [1.82, 2.24) is 0 Å². The lowest BCUT2D eigenvalue weighted by Gasteiger charge is -2.04. The molecule has 4 heteroatoms. The Hall–Kier alpha value is -2.65. The van der Waals surface area contributed by atoms with Crippen LogP contribution in [-0.4, -0.2) is 11.8 Å². The lowest BCUT2D eigenvalue weighted by atomic mass is 10.1. The van der Waals surface area contributed by atoms with Gasteiger partial charge >= 0.3 is 5.97 Å². The smallest absolute Gasteiger partial charge is 0.338 e. The van der Waals surface area contributed by atoms with Gasteiger partial charge in [0, 0.05) is 16.2 Å². The summed E-state index contributed by atoms with van der Waals surface area (Å²) in [6.07, 6.45) is 3.20. The summed E-state index contributed by atoms with van der Waals surface area (Å²) < 4.78 is 5.07. The molecule has 0 unspecified atom stereocenters. The molecule has 0 spiro atoms. The molecule has 0 bridgehead atoms. The second-order valence-electron chi connectivity index (χ2n) is 4.94. The Morgan fingerprint density at radius 2 is 1.65 bits per heavy atom. The third kappa shape index (κ3) is 4.94. The molecule has 0 amide bonds. The maximum absolute atomic E-state index is 12.1. The minimum absolute atomic E-state index is 0.141. The molecule has 2 aromatic carbocycles. The number of benzene rings is 2. The van der Waals surface area contributed by atoms with Crippen LogP contribution >= 0.6 is 11.6 Å². The second-order valence-corrected chi connectivity index (χ2v) is 5.38. The fourth-order valence-corrected chi connectivity index (χ4v) is 1.85. The minimum atomic E-state index is -0.494. The van der Waals surface area contributed by atoms with E-state index in [1.807, 2.05) is 12.1 Å². The van der Waals surface area contributed by atoms with Crippen molar-refractivity contribution in [2.45, 2.75) is 6.92 Å². The summed E-state index contributed by atoms with van der Waals surface area (Å²) in [5.41, 5.74) is 1.70. The van der Waals surface area contributed by atoms with Gasteiger partial charge in [-0.15, -0.1) is 0 Å². The zero-order chi connectivity index (χ0) is 16.8. The van der Waals surface area contributed by atoms with Gasteiger partial charge in [-0.05, 0) is 55.0 Å². The first-order chi connectivity index (χ1) is 11.0. The molecule has 23 heavy (non-hydrogen) atoms. The van der Waals surface area contributed by atoms with E-state index in [-0.39, 0.29) is 5.78 Å². The fourth-order valence-electron chi connectivity index (χ4n) is 1.72. The fraction of sp³-hybridized carbons (Fsp3) is 0.0526. The molecule has 0 radical (unpaired) electrons. The second kappa shape index (κ2) is 7.56. The molecule has 3 nitrogen and oxygen atoms in total. The molecule has 0 saturated carbocycles. The first-order valence-electron chi connectivity index (χ1n) is 6.91. The van der Waals surface area contributed by atoms with Crippen LogP contribution in [0.15, 0.2) is 66.8 Å². The summed E-state index contributed by atoms with van der Waals surface area (Å²) in [5.74, 6) is -0.263. The zero-order valence-corrected chi connectivity index (χ0v) is 13.3. The molecule has 2 rings (SSSR count). The Morgan fingerprint density at radius 3 is 2.22 bits per heavy atom. The Labute approximate surface area is 139 Å². The van der Waals surface area contributed by atoms with E-state index in [9.17, 15) is 9.59 Å². The average Bonchev–Trinajstić information content (AvgIpc) is 2.54. The highest BCUT2D eigenvalue weighted by Crippen LogP contribution is 2.15. The van der Waals surface area contributed by atoms with Gasteiger partial charge in [0.15, 0.2) is 5.78 Å². The summed E-state index contributed by atoms with van der Waals surface area (Å²) >= 11 is 5.81. The van der Waals surface area contributed by atoms with E-state index in [1.54, 1.807) is 49.4 Å². The number of halogens is 1. The Kier molecular flexibility index (Phi) is 5.50. The molecular weight excluding hydrogens is 312 g/mol. The molecule has 0 aliphatic rings. The van der Waals surface area contributed by atoms with E-state index in [0.717, 1.165) is 5.56 Å². The van der Waals surface area contributed by atoms with Crippen LogP contribution in [0.4, 0.5) is 0 Å². The van der Waals surface area contributed by atoms with Crippen molar-refractivity contribution in [2.24, 2.45) is 0 Å². The van der Waals surface area contributed by atoms with Gasteiger partial charge in [0.25, 0.3) is 0 Å². The molecule has 0 N–H and O–H groups in total. The minimum Gasteiger partial charge on any atom is -0.423 e. The first kappa shape index (κ1) is 16.7. The van der Waals surface area contributed by atoms with Gasteiger partial charge in [0.05, 0.1) is 0 Å². The molecule has 2 aromatic rings. The molecule has 0 aliphatic carbocycles. The molecular formula is C19H15ClO3. The zero-order valence-electron chi connectivity index (χ0n) is 12.6. The van der Waals surface area contributed by atoms with Gasteiger partial charge in [-0.2, -0.15) is 0 Å². The molecule has 116 valence electrons. The molecule has 0 aromatic heterocycles. The van der Waals surface area contributed by atoms with E-state index in [4.69, 9.17) is 16.3 Å². The van der Waals surface area contributed by atoms with Crippen LogP contribution in [-0.2, 0) is 4.79 Å². The van der Waals surface area contributed by atoms with E-state index in [2.05, 4.69) is 6.58 Å². The van der Waals surface area contributed by atoms with E-state index in [0.29, 0.717) is 21.9 Å². The van der Waals surface area contributed by atoms with Crippen LogP contribution in [0, 0.1) is 0 Å². The molecule has 0 aliphatic heterocycles. The predicted molar refractivity (Wildman–Crippen MR) is 91.7 cm³/mol. The number of ketones is 1. The number of ether oxygens (including phenoxy) is 1. The summed E-state index contributed by atoms with van der Waals surface area (Å²) in [6, 6.07) is 13.5. The summed E-state index contributed by atoms with van der Waals surface area (Å²) in [4.78, 5) is 23.5. The van der Waals surface area contributed by atoms with Crippen LogP contribution in [0.3, 0.4) is 0 Å². The Bertz CT molecular complexity index is 756. The summed E-state index contributed by atoms with van der Waals surface area (Å²) in [7, 11) is 0. The number of carbonyl (C=O) groups is 2. The van der Waals surface area contributed by atoms with Crippen molar-refractivity contribution in [3.63, 3.8) is 0 Å². The van der Waals surface area contributed by atoms with Gasteiger partial charge in [-0.3, -0.25) is 4.79 Å². The van der Waals surface area contributed by atoms with Crippen LogP contribution in [0.5, 0.6) is 5.75 Å². The third-order valence-electron chi connectivity index (χ3n) is 3.00. The number of esters is 1. The van der Waals surface area contributed by atoms with Crippen molar-refractivity contribution in [3.05, 3.63) is 82.9 Å². The highest BCUT2D eigenvalue weighted by atomic mass is 35.5. The normalized spacial score (nSPS) is 10.5. The van der Waals surface area contributed by atoms with Crippen LogP contribution in [0.1, 0.15) is 22.8 Å². The van der Waals surface area contributed by atoms with E-state index < -0.39 is 5.97 Å². The lowest BCUT2D eigenvalue weighted by molar-refractivity contribution is -0.130. The van der Waals surface area contributed by atoms with E-state index in [1.165, 1.54) is 6.08 Å². The highest BCUT2D eigenvalue weighted by Gasteiger charge is 2.06. The highest BCUT2D eigenvalue weighted by molar-refractivity contribution is 6.30. The molecule has 0 saturated heterocycles. The Morgan fingerprint density at radius 1 is 1.04 bits per heavy atom. The topological polar surface area (TPSA) is 43.4 Å². The number of carbonyl (C=O) groups excluding carboxylic acids is 2. The predicted octanol–water partition coefficient (Wildman–Crippen LogP) is 4.72. The lowest BCUT2D eigenvalue weighted by Crippen LogP contribution is -2.08. The van der Waals surface area contributed by atoms with Crippen molar-refractivity contribution in [1.29, 1.82) is 0 Å². The Balaban J connectivity index is 2.04. The van der Waals surface area contributed by atoms with Crippen LogP contribution < -0.4 is 4.74 Å². The molecule has 0 heterocycles. The van der Waals surface area contributed by atoms with Crippen LogP contribution in [0.2, 0.25) is 5.02 Å². The monoisotopic (exact) mass is 326 g/mol. The van der Waals surface area contributed by atoms with Crippen LogP contribution in [0.25, 0.3) is 6.08 Å². The van der Waals surface area contributed by atoms with Gasteiger partial charge in [0.1, 0.15) is 5.75 Å². The molecule has 0 fully saturated rings. The van der Waals surface area contributed by atoms with Crippen molar-refractivity contribution in [3.8, 4) is 5.75 Å². The average molecular weight is 327 g/mol. The van der Waals surface area contributed by atoms with Crippen molar-refractivity contribution >= 4 is 29.4 Å². The van der Waals surface area contributed by atoms with Gasteiger partial charge in [-0.1, -0.05) is 36.4 Å². The third-order valence-corrected chi connectivity index (χ3v) is 3.25. The number of hydrogen-bond acceptors (Lipinski definition) is 3. The SMILES string of the molecule is C=C(C)C(=O)Oc1ccc(C(=O)C=Cc2ccc(Cl)cc2)cc1. The summed E-state index contributed by atoms with van der Waals surface area (Å²) in [6.45, 7) is 5.08. The quantitative estimate of drug-likeness (QED) is 0.345. The van der Waals surface area contributed by atoms with Gasteiger partial charge in [-0.25, -0.2) is 4.79 Å². The first-order valence-corrected chi connectivity index (χ1v) is 7.29. The number of rotatable bonds is 5. The standard InChI is InChI=1S/C19H15ClO3/c1-13(2)19(22)23-17-10-6-15(7-11-17)18(21)12-5-14-3-8-16(20)9-4-14/h3-12H,1H2,2H3. The van der Waals surface area contributed by atoms with Gasteiger partial charge in [0.2, 0.25) is 0 Å². The maximum atomic E-state index is 12.1. The largest absolute Gasteiger partial charge is 0.423 e. The molecule has 0 atom stereocenters. The summed E-state index contributed by atoms with van der Waals surface area (Å²) in [5, 5.41) is 0.647. The number of allylic oxidation sites excluding steroid dienone is 1. The number of hydrogen-bond donors (Lipinski definition) is 0. The maximum Gasteiger partial charge on any atom is 0.338 e.